The van der Waals surface area contributed by atoms with Gasteiger partial charge in [0, 0.05) is 6.20 Å². The highest BCUT2D eigenvalue weighted by molar-refractivity contribution is 5.82. The molecule has 0 amide bonds. The summed E-state index contributed by atoms with van der Waals surface area (Å²) in [7, 11) is 1.79. The quantitative estimate of drug-likeness (QED) is 0.625. The summed E-state index contributed by atoms with van der Waals surface area (Å²) >= 11 is 0. The molecule has 0 radical (unpaired) electrons. The zero-order chi connectivity index (χ0) is 8.39. The zero-order valence-electron chi connectivity index (χ0n) is 6.86. The molecule has 2 aromatic rings. The molecule has 0 bridgehead atoms. The average Bonchev–Trinajstić information content (AvgIpc) is 2.17. The smallest absolute Gasteiger partial charge is 0.0701 e. The minimum Gasteiger partial charge on any atom is -0.687 e. The number of benzene rings is 1. The van der Waals surface area contributed by atoms with Gasteiger partial charge in [0.05, 0.1) is 5.52 Å². The van der Waals surface area contributed by atoms with E-state index in [0.717, 1.165) is 16.6 Å². The molecule has 12 heavy (non-hydrogen) atoms. The molecule has 0 atom stereocenters. The molecule has 1 heterocycles. The highest BCUT2D eigenvalue weighted by Gasteiger charge is 1.89. The van der Waals surface area contributed by atoms with Crippen LogP contribution in [0.2, 0.25) is 0 Å². The normalized spacial score (nSPS) is 10.1. The Hall–Kier alpha value is -1.57. The summed E-state index contributed by atoms with van der Waals surface area (Å²) in [4.78, 5) is 4.21. The van der Waals surface area contributed by atoms with Gasteiger partial charge in [-0.05, 0) is 17.5 Å². The number of hydrogen-bond acceptors (Lipinski definition) is 1. The summed E-state index contributed by atoms with van der Waals surface area (Å²) in [5.41, 5.74) is 2.01. The molecule has 0 fully saturated rings. The van der Waals surface area contributed by atoms with Crippen molar-refractivity contribution in [3.63, 3.8) is 0 Å². The lowest BCUT2D eigenvalue weighted by molar-refractivity contribution is 1.41. The molecule has 0 aliphatic carbocycles. The number of fused-ring (bicyclic) bond motifs is 1. The topological polar surface area (TPSA) is 27.0 Å². The SMILES string of the molecule is C[N-]c1ccc2ncccc2c1. The van der Waals surface area contributed by atoms with Crippen molar-refractivity contribution in [1.82, 2.24) is 4.98 Å². The van der Waals surface area contributed by atoms with Crippen LogP contribution in [0.15, 0.2) is 36.5 Å². The molecular weight excluding hydrogens is 148 g/mol. The van der Waals surface area contributed by atoms with E-state index in [1.807, 2.05) is 30.3 Å². The van der Waals surface area contributed by atoms with E-state index >= 15 is 0 Å². The molecule has 1 aromatic heterocycles. The molecule has 0 N–H and O–H groups in total. The van der Waals surface area contributed by atoms with Gasteiger partial charge in [-0.15, -0.1) is 12.7 Å². The first-order valence-corrected chi connectivity index (χ1v) is 3.85. The van der Waals surface area contributed by atoms with Gasteiger partial charge in [-0.2, -0.15) is 0 Å². The van der Waals surface area contributed by atoms with Crippen LogP contribution in [-0.2, 0) is 0 Å². The first-order chi connectivity index (χ1) is 5.90. The number of rotatable bonds is 1. The van der Waals surface area contributed by atoms with Gasteiger partial charge in [0.1, 0.15) is 0 Å². The lowest BCUT2D eigenvalue weighted by atomic mass is 10.2. The van der Waals surface area contributed by atoms with Gasteiger partial charge < -0.3 is 5.32 Å². The number of pyridine rings is 1. The summed E-state index contributed by atoms with van der Waals surface area (Å²) in [6, 6.07) is 9.95. The molecule has 0 aliphatic rings. The number of hydrogen-bond donors (Lipinski definition) is 0. The lowest BCUT2D eigenvalue weighted by Gasteiger charge is -2.13. The Morgan fingerprint density at radius 1 is 1.25 bits per heavy atom. The molecule has 2 heteroatoms. The Morgan fingerprint density at radius 3 is 3.00 bits per heavy atom. The molecular formula is C10H9N2-. The molecule has 0 spiro atoms. The van der Waals surface area contributed by atoms with Gasteiger partial charge >= 0.3 is 0 Å². The Labute approximate surface area is 71.2 Å². The first-order valence-electron chi connectivity index (χ1n) is 3.85. The Kier molecular flexibility index (Phi) is 1.67. The van der Waals surface area contributed by atoms with Crippen molar-refractivity contribution < 1.29 is 0 Å². The largest absolute Gasteiger partial charge is 0.687 e. The second-order valence-corrected chi connectivity index (χ2v) is 2.60. The first kappa shape index (κ1) is 7.10. The van der Waals surface area contributed by atoms with Gasteiger partial charge in [0.15, 0.2) is 0 Å². The van der Waals surface area contributed by atoms with E-state index in [1.54, 1.807) is 13.2 Å². The minimum atomic E-state index is 0.996. The predicted octanol–water partition coefficient (Wildman–Crippen LogP) is 2.87. The second kappa shape index (κ2) is 2.81. The third kappa shape index (κ3) is 1.11. The third-order valence-electron chi connectivity index (χ3n) is 1.84. The summed E-state index contributed by atoms with van der Waals surface area (Å²) in [6.45, 7) is 0. The highest BCUT2D eigenvalue weighted by Crippen LogP contribution is 2.21. The standard InChI is InChI=1S/C10H9N2/c1-11-9-4-5-10-8(7-9)3-2-6-12-10/h2-7H,1H3/q-1. The van der Waals surface area contributed by atoms with Gasteiger partial charge in [-0.25, -0.2) is 0 Å². The molecule has 0 aliphatic heterocycles. The van der Waals surface area contributed by atoms with Crippen LogP contribution < -0.4 is 0 Å². The fraction of sp³-hybridized carbons (Fsp3) is 0.100. The predicted molar refractivity (Wildman–Crippen MR) is 50.7 cm³/mol. The van der Waals surface area contributed by atoms with Crippen LogP contribution in [0.3, 0.4) is 0 Å². The fourth-order valence-corrected chi connectivity index (χ4v) is 1.20. The molecule has 1 aromatic carbocycles. The van der Waals surface area contributed by atoms with Crippen molar-refractivity contribution >= 4 is 16.6 Å². The van der Waals surface area contributed by atoms with Gasteiger partial charge in [-0.3, -0.25) is 4.98 Å². The van der Waals surface area contributed by atoms with E-state index in [0.29, 0.717) is 0 Å². The molecule has 0 unspecified atom stereocenters. The van der Waals surface area contributed by atoms with E-state index in [2.05, 4.69) is 10.3 Å². The van der Waals surface area contributed by atoms with E-state index in [-0.39, 0.29) is 0 Å². The van der Waals surface area contributed by atoms with Crippen LogP contribution in [0.4, 0.5) is 5.69 Å². The summed E-state index contributed by atoms with van der Waals surface area (Å²) in [6.07, 6.45) is 1.80. The van der Waals surface area contributed by atoms with E-state index < -0.39 is 0 Å². The minimum absolute atomic E-state index is 0.996. The van der Waals surface area contributed by atoms with E-state index in [1.165, 1.54) is 0 Å². The van der Waals surface area contributed by atoms with Crippen molar-refractivity contribution in [3.8, 4) is 0 Å². The zero-order valence-corrected chi connectivity index (χ0v) is 6.86. The van der Waals surface area contributed by atoms with Crippen molar-refractivity contribution in [2.45, 2.75) is 0 Å². The van der Waals surface area contributed by atoms with Crippen LogP contribution in [0.5, 0.6) is 0 Å². The number of nitrogens with zero attached hydrogens (tertiary/aromatic N) is 2. The van der Waals surface area contributed by atoms with Crippen LogP contribution in [0.25, 0.3) is 16.2 Å². The molecule has 0 saturated heterocycles. The highest BCUT2D eigenvalue weighted by atomic mass is 14.8. The molecule has 60 valence electrons. The average molecular weight is 157 g/mol. The van der Waals surface area contributed by atoms with Crippen molar-refractivity contribution in [1.29, 1.82) is 0 Å². The number of aromatic nitrogens is 1. The summed E-state index contributed by atoms with van der Waals surface area (Å²) in [5.74, 6) is 0. The summed E-state index contributed by atoms with van der Waals surface area (Å²) in [5, 5.41) is 5.23. The van der Waals surface area contributed by atoms with Crippen molar-refractivity contribution in [2.24, 2.45) is 0 Å². The third-order valence-corrected chi connectivity index (χ3v) is 1.84. The fourth-order valence-electron chi connectivity index (χ4n) is 1.20. The van der Waals surface area contributed by atoms with E-state index in [4.69, 9.17) is 0 Å². The van der Waals surface area contributed by atoms with Gasteiger partial charge in [0.2, 0.25) is 0 Å². The van der Waals surface area contributed by atoms with Crippen molar-refractivity contribution in [3.05, 3.63) is 41.8 Å². The second-order valence-electron chi connectivity index (χ2n) is 2.60. The van der Waals surface area contributed by atoms with Crippen LogP contribution in [-0.4, -0.2) is 12.0 Å². The Bertz CT molecular complexity index is 396. The molecule has 2 nitrogen and oxygen atoms in total. The van der Waals surface area contributed by atoms with Crippen molar-refractivity contribution in [2.75, 3.05) is 7.05 Å². The maximum Gasteiger partial charge on any atom is 0.0701 e. The molecule has 0 saturated carbocycles. The van der Waals surface area contributed by atoms with E-state index in [9.17, 15) is 0 Å². The summed E-state index contributed by atoms with van der Waals surface area (Å²) < 4.78 is 0. The van der Waals surface area contributed by atoms with Crippen LogP contribution in [0, 0.1) is 0 Å². The van der Waals surface area contributed by atoms with Crippen LogP contribution >= 0.6 is 0 Å². The van der Waals surface area contributed by atoms with Gasteiger partial charge in [0.25, 0.3) is 0 Å². The Morgan fingerprint density at radius 2 is 2.17 bits per heavy atom. The maximum absolute atomic E-state index is 4.21. The van der Waals surface area contributed by atoms with Gasteiger partial charge in [-0.1, -0.05) is 18.2 Å². The van der Waals surface area contributed by atoms with Crippen LogP contribution in [0.1, 0.15) is 0 Å². The lowest BCUT2D eigenvalue weighted by Crippen LogP contribution is -1.75. The monoisotopic (exact) mass is 157 g/mol. The maximum atomic E-state index is 4.21. The Balaban J connectivity index is 2.67. The molecule has 2 rings (SSSR count).